The maximum Gasteiger partial charge on any atom is 0.269 e. The summed E-state index contributed by atoms with van der Waals surface area (Å²) in [5.41, 5.74) is 7.79. The van der Waals surface area contributed by atoms with Gasteiger partial charge >= 0.3 is 0 Å². The van der Waals surface area contributed by atoms with E-state index in [-0.39, 0.29) is 5.69 Å². The summed E-state index contributed by atoms with van der Waals surface area (Å²) >= 11 is 0. The number of nitrogens with one attached hydrogen (secondary N) is 1. The van der Waals surface area contributed by atoms with Crippen LogP contribution in [0, 0.1) is 6.92 Å². The van der Waals surface area contributed by atoms with Gasteiger partial charge in [0.2, 0.25) is 0 Å². The smallest absolute Gasteiger partial charge is 0.269 e. The highest BCUT2D eigenvalue weighted by atomic mass is 16.1. The van der Waals surface area contributed by atoms with Gasteiger partial charge in [-0.15, -0.1) is 10.2 Å². The van der Waals surface area contributed by atoms with Gasteiger partial charge in [-0.05, 0) is 31.0 Å². The van der Waals surface area contributed by atoms with Crippen molar-refractivity contribution in [2.45, 2.75) is 13.3 Å². The van der Waals surface area contributed by atoms with E-state index in [0.717, 1.165) is 13.0 Å². The minimum atomic E-state index is -0.571. The number of amides is 1. The predicted molar refractivity (Wildman–Crippen MR) is 73.9 cm³/mol. The lowest BCUT2D eigenvalue weighted by molar-refractivity contribution is 0.0994. The van der Waals surface area contributed by atoms with Crippen molar-refractivity contribution in [1.29, 1.82) is 0 Å². The summed E-state index contributed by atoms with van der Waals surface area (Å²) in [5.74, 6) is 0.0662. The van der Waals surface area contributed by atoms with E-state index in [0.29, 0.717) is 5.82 Å². The van der Waals surface area contributed by atoms with Crippen molar-refractivity contribution in [3.05, 3.63) is 53.2 Å². The standard InChI is InChI=1S/C14H16N4O/c1-10-3-2-4-11(9-10)7-8-16-13-6-5-12(14(15)19)17-18-13/h2-6,9H,7-8H2,1H3,(H2,15,19)(H,16,18). The van der Waals surface area contributed by atoms with Crippen molar-refractivity contribution in [2.75, 3.05) is 11.9 Å². The Bertz CT molecular complexity index is 566. The van der Waals surface area contributed by atoms with E-state index in [9.17, 15) is 4.79 Å². The van der Waals surface area contributed by atoms with E-state index in [1.807, 2.05) is 6.07 Å². The summed E-state index contributed by atoms with van der Waals surface area (Å²) in [4.78, 5) is 10.8. The number of anilines is 1. The van der Waals surface area contributed by atoms with Crippen LogP contribution in [0.3, 0.4) is 0 Å². The number of hydrogen-bond donors (Lipinski definition) is 2. The third-order valence-corrected chi connectivity index (χ3v) is 2.72. The number of aromatic nitrogens is 2. The van der Waals surface area contributed by atoms with Crippen molar-refractivity contribution in [3.63, 3.8) is 0 Å². The molecule has 0 atom stereocenters. The second kappa shape index (κ2) is 5.95. The molecule has 98 valence electrons. The van der Waals surface area contributed by atoms with Crippen LogP contribution in [-0.2, 0) is 6.42 Å². The Labute approximate surface area is 111 Å². The lowest BCUT2D eigenvalue weighted by Crippen LogP contribution is -2.14. The Morgan fingerprint density at radius 1 is 1.26 bits per heavy atom. The van der Waals surface area contributed by atoms with Crippen LogP contribution in [0.2, 0.25) is 0 Å². The highest BCUT2D eigenvalue weighted by Gasteiger charge is 2.02. The third-order valence-electron chi connectivity index (χ3n) is 2.72. The van der Waals surface area contributed by atoms with Crippen LogP contribution in [0.5, 0.6) is 0 Å². The highest BCUT2D eigenvalue weighted by molar-refractivity contribution is 5.90. The van der Waals surface area contributed by atoms with Gasteiger partial charge in [0.25, 0.3) is 5.91 Å². The molecule has 2 rings (SSSR count). The van der Waals surface area contributed by atoms with Gasteiger partial charge in [0.15, 0.2) is 5.69 Å². The molecule has 1 aromatic carbocycles. The van der Waals surface area contributed by atoms with Crippen molar-refractivity contribution in [2.24, 2.45) is 5.73 Å². The molecule has 0 saturated carbocycles. The molecule has 1 heterocycles. The van der Waals surface area contributed by atoms with E-state index in [1.165, 1.54) is 11.1 Å². The molecule has 1 amide bonds. The van der Waals surface area contributed by atoms with Gasteiger partial charge in [-0.2, -0.15) is 0 Å². The molecule has 0 fully saturated rings. The maximum absolute atomic E-state index is 10.8. The van der Waals surface area contributed by atoms with E-state index in [2.05, 4.69) is 40.6 Å². The number of aryl methyl sites for hydroxylation is 1. The van der Waals surface area contributed by atoms with Crippen LogP contribution in [0.1, 0.15) is 21.6 Å². The topological polar surface area (TPSA) is 80.9 Å². The molecule has 0 saturated heterocycles. The molecule has 3 N–H and O–H groups in total. The number of hydrogen-bond acceptors (Lipinski definition) is 4. The highest BCUT2D eigenvalue weighted by Crippen LogP contribution is 2.06. The molecule has 0 aliphatic heterocycles. The molecule has 2 aromatic rings. The zero-order chi connectivity index (χ0) is 13.7. The fourth-order valence-electron chi connectivity index (χ4n) is 1.76. The van der Waals surface area contributed by atoms with Crippen LogP contribution < -0.4 is 11.1 Å². The molecule has 0 aliphatic rings. The molecule has 0 aliphatic carbocycles. The quantitative estimate of drug-likeness (QED) is 0.850. The summed E-state index contributed by atoms with van der Waals surface area (Å²) in [6.07, 6.45) is 0.904. The molecule has 0 bridgehead atoms. The van der Waals surface area contributed by atoms with Crippen LogP contribution in [0.4, 0.5) is 5.82 Å². The summed E-state index contributed by atoms with van der Waals surface area (Å²) in [5, 5.41) is 10.8. The van der Waals surface area contributed by atoms with E-state index < -0.39 is 5.91 Å². The Kier molecular flexibility index (Phi) is 4.07. The Hall–Kier alpha value is -2.43. The largest absolute Gasteiger partial charge is 0.368 e. The molecular formula is C14H16N4O. The van der Waals surface area contributed by atoms with Crippen LogP contribution >= 0.6 is 0 Å². The average Bonchev–Trinajstić information content (AvgIpc) is 2.39. The molecule has 1 aromatic heterocycles. The lowest BCUT2D eigenvalue weighted by Gasteiger charge is -2.05. The normalized spacial score (nSPS) is 10.2. The number of carbonyl (C=O) groups excluding carboxylic acids is 1. The number of primary amides is 1. The molecule has 5 nitrogen and oxygen atoms in total. The van der Waals surface area contributed by atoms with Gasteiger partial charge in [-0.3, -0.25) is 4.79 Å². The molecule has 0 radical (unpaired) electrons. The lowest BCUT2D eigenvalue weighted by atomic mass is 10.1. The van der Waals surface area contributed by atoms with Gasteiger partial charge in [0.1, 0.15) is 5.82 Å². The number of nitrogens with zero attached hydrogens (tertiary/aromatic N) is 2. The van der Waals surface area contributed by atoms with Crippen molar-refractivity contribution in [3.8, 4) is 0 Å². The summed E-state index contributed by atoms with van der Waals surface area (Å²) in [7, 11) is 0. The van der Waals surface area contributed by atoms with Crippen molar-refractivity contribution < 1.29 is 4.79 Å². The van der Waals surface area contributed by atoms with Gasteiger partial charge in [-0.1, -0.05) is 29.8 Å². The van der Waals surface area contributed by atoms with Crippen molar-refractivity contribution >= 4 is 11.7 Å². The minimum Gasteiger partial charge on any atom is -0.368 e. The summed E-state index contributed by atoms with van der Waals surface area (Å²) < 4.78 is 0. The van der Waals surface area contributed by atoms with Gasteiger partial charge in [0, 0.05) is 6.54 Å². The maximum atomic E-state index is 10.8. The SMILES string of the molecule is Cc1cccc(CCNc2ccc(C(N)=O)nn2)c1. The van der Waals surface area contributed by atoms with Crippen LogP contribution in [0.25, 0.3) is 0 Å². The Balaban J connectivity index is 1.87. The number of benzene rings is 1. The van der Waals surface area contributed by atoms with E-state index in [1.54, 1.807) is 12.1 Å². The van der Waals surface area contributed by atoms with Gasteiger partial charge in [0.05, 0.1) is 0 Å². The second-order valence-corrected chi connectivity index (χ2v) is 4.33. The summed E-state index contributed by atoms with van der Waals surface area (Å²) in [6.45, 7) is 2.83. The first-order chi connectivity index (χ1) is 9.15. The number of rotatable bonds is 5. The fraction of sp³-hybridized carbons (Fsp3) is 0.214. The Morgan fingerprint density at radius 3 is 2.74 bits per heavy atom. The molecular weight excluding hydrogens is 240 g/mol. The minimum absolute atomic E-state index is 0.171. The Morgan fingerprint density at radius 2 is 2.11 bits per heavy atom. The first-order valence-electron chi connectivity index (χ1n) is 6.08. The zero-order valence-electron chi connectivity index (χ0n) is 10.8. The van der Waals surface area contributed by atoms with Crippen LogP contribution in [-0.4, -0.2) is 22.6 Å². The molecule has 19 heavy (non-hydrogen) atoms. The van der Waals surface area contributed by atoms with Gasteiger partial charge in [-0.25, -0.2) is 0 Å². The number of carbonyl (C=O) groups is 1. The van der Waals surface area contributed by atoms with Gasteiger partial charge < -0.3 is 11.1 Å². The molecule has 0 unspecified atom stereocenters. The average molecular weight is 256 g/mol. The first-order valence-corrected chi connectivity index (χ1v) is 6.08. The number of nitrogens with two attached hydrogens (primary N) is 1. The zero-order valence-corrected chi connectivity index (χ0v) is 10.8. The molecule has 0 spiro atoms. The fourth-order valence-corrected chi connectivity index (χ4v) is 1.76. The predicted octanol–water partition coefficient (Wildman–Crippen LogP) is 1.54. The second-order valence-electron chi connectivity index (χ2n) is 4.33. The van der Waals surface area contributed by atoms with Crippen LogP contribution in [0.15, 0.2) is 36.4 Å². The van der Waals surface area contributed by atoms with E-state index in [4.69, 9.17) is 5.73 Å². The molecule has 5 heteroatoms. The summed E-state index contributed by atoms with van der Waals surface area (Å²) in [6, 6.07) is 11.6. The first kappa shape index (κ1) is 13.0. The monoisotopic (exact) mass is 256 g/mol. The van der Waals surface area contributed by atoms with Crippen molar-refractivity contribution in [1.82, 2.24) is 10.2 Å². The third kappa shape index (κ3) is 3.77. The van der Waals surface area contributed by atoms with E-state index >= 15 is 0 Å².